The van der Waals surface area contributed by atoms with Crippen LogP contribution in [0.25, 0.3) is 0 Å². The highest BCUT2D eigenvalue weighted by atomic mass is 14.9. The van der Waals surface area contributed by atoms with Gasteiger partial charge in [-0.2, -0.15) is 0 Å². The summed E-state index contributed by atoms with van der Waals surface area (Å²) < 4.78 is 0. The first-order valence-electron chi connectivity index (χ1n) is 6.34. The van der Waals surface area contributed by atoms with Crippen LogP contribution in [0.2, 0.25) is 0 Å². The Morgan fingerprint density at radius 2 is 2.06 bits per heavy atom. The predicted octanol–water partition coefficient (Wildman–Crippen LogP) is 1.20. The molecule has 1 atom stereocenters. The average Bonchev–Trinajstić information content (AvgIpc) is 2.55. The summed E-state index contributed by atoms with van der Waals surface area (Å²) in [5.74, 6) is 0. The van der Waals surface area contributed by atoms with Crippen LogP contribution in [0.15, 0.2) is 18.2 Å². The summed E-state index contributed by atoms with van der Waals surface area (Å²) in [6.07, 6.45) is 3.82. The highest BCUT2D eigenvalue weighted by Crippen LogP contribution is 2.48. The monoisotopic (exact) mass is 217 g/mol. The lowest BCUT2D eigenvalue weighted by atomic mass is 9.73. The second-order valence-corrected chi connectivity index (χ2v) is 5.54. The molecule has 86 valence electrons. The van der Waals surface area contributed by atoms with Crippen molar-refractivity contribution in [2.75, 3.05) is 13.1 Å². The first kappa shape index (κ1) is 10.3. The molecule has 4 N–H and O–H groups in total. The molecule has 1 aromatic carbocycles. The minimum absolute atomic E-state index is 0.460. The van der Waals surface area contributed by atoms with Crippen molar-refractivity contribution in [1.29, 1.82) is 0 Å². The van der Waals surface area contributed by atoms with Gasteiger partial charge in [0.2, 0.25) is 0 Å². The highest BCUT2D eigenvalue weighted by Gasteiger charge is 2.47. The summed E-state index contributed by atoms with van der Waals surface area (Å²) in [5, 5.41) is 3.47. The maximum absolute atomic E-state index is 4.47. The number of nitrogens with one attached hydrogen (secondary N) is 1. The van der Waals surface area contributed by atoms with Crippen LogP contribution in [-0.4, -0.2) is 13.1 Å². The normalized spacial score (nSPS) is 27.0. The number of fused-ring (bicyclic) bond motifs is 1. The van der Waals surface area contributed by atoms with Crippen molar-refractivity contribution in [3.8, 4) is 0 Å². The minimum Gasteiger partial charge on any atom is -0.351 e. The molecular weight excluding hydrogens is 196 g/mol. The number of aryl methyl sites for hydroxylation is 1. The van der Waals surface area contributed by atoms with Crippen molar-refractivity contribution < 1.29 is 5.73 Å². The number of quaternary nitrogens is 1. The molecule has 1 heterocycles. The Hall–Kier alpha value is -0.860. The summed E-state index contributed by atoms with van der Waals surface area (Å²) in [4.78, 5) is 0. The van der Waals surface area contributed by atoms with E-state index >= 15 is 0 Å². The largest absolute Gasteiger partial charge is 0.351 e. The van der Waals surface area contributed by atoms with Gasteiger partial charge >= 0.3 is 0 Å². The molecule has 2 nitrogen and oxygen atoms in total. The van der Waals surface area contributed by atoms with Crippen LogP contribution in [0.3, 0.4) is 0 Å². The van der Waals surface area contributed by atoms with Crippen molar-refractivity contribution in [1.82, 2.24) is 5.32 Å². The van der Waals surface area contributed by atoms with E-state index in [-0.39, 0.29) is 0 Å². The molecule has 0 radical (unpaired) electrons. The van der Waals surface area contributed by atoms with Crippen molar-refractivity contribution in [3.63, 3.8) is 0 Å². The summed E-state index contributed by atoms with van der Waals surface area (Å²) in [6.45, 7) is 4.51. The molecule has 1 spiro atoms. The van der Waals surface area contributed by atoms with Gasteiger partial charge < -0.3 is 11.1 Å². The van der Waals surface area contributed by atoms with E-state index in [2.05, 4.69) is 36.2 Å². The van der Waals surface area contributed by atoms with Crippen LogP contribution < -0.4 is 11.1 Å². The summed E-state index contributed by atoms with van der Waals surface area (Å²) in [5.41, 5.74) is 9.37. The molecule has 1 unspecified atom stereocenters. The van der Waals surface area contributed by atoms with Crippen LogP contribution in [0.1, 0.15) is 35.6 Å². The Bertz CT molecular complexity index is 405. The van der Waals surface area contributed by atoms with Crippen LogP contribution in [0, 0.1) is 12.3 Å². The lowest BCUT2D eigenvalue weighted by Crippen LogP contribution is -2.61. The Balaban J connectivity index is 1.99. The molecule has 1 aliphatic carbocycles. The van der Waals surface area contributed by atoms with Gasteiger partial charge in [-0.15, -0.1) is 0 Å². The standard InChI is InChI=1S/C14H20N2/c1-10-2-3-11-9-14(4-6-16-7-5-14)13(15)12(11)8-10/h2-3,8,13,16H,4-7,9,15H2,1H3/p+1. The van der Waals surface area contributed by atoms with E-state index in [4.69, 9.17) is 0 Å². The molecule has 0 saturated carbocycles. The van der Waals surface area contributed by atoms with Crippen LogP contribution >= 0.6 is 0 Å². The number of piperidine rings is 1. The Kier molecular flexibility index (Phi) is 2.30. The highest BCUT2D eigenvalue weighted by molar-refractivity contribution is 5.39. The summed E-state index contributed by atoms with van der Waals surface area (Å²) in [6, 6.07) is 7.42. The Morgan fingerprint density at radius 1 is 1.31 bits per heavy atom. The SMILES string of the molecule is Cc1ccc2c(c1)C([NH3+])C1(CCNCC1)C2. The van der Waals surface area contributed by atoms with Gasteiger partial charge in [0, 0.05) is 11.0 Å². The average molecular weight is 217 g/mol. The third-order valence-electron chi connectivity index (χ3n) is 4.56. The van der Waals surface area contributed by atoms with Gasteiger partial charge in [-0.25, -0.2) is 0 Å². The smallest absolute Gasteiger partial charge is 0.116 e. The van der Waals surface area contributed by atoms with Gasteiger partial charge in [0.05, 0.1) is 0 Å². The number of rotatable bonds is 0. The number of hydrogen-bond acceptors (Lipinski definition) is 1. The predicted molar refractivity (Wildman–Crippen MR) is 65.0 cm³/mol. The second kappa shape index (κ2) is 3.57. The molecule has 0 bridgehead atoms. The molecule has 3 rings (SSSR count). The van der Waals surface area contributed by atoms with Gasteiger partial charge in [0.1, 0.15) is 6.04 Å². The van der Waals surface area contributed by atoms with Crippen molar-refractivity contribution in [2.45, 2.75) is 32.2 Å². The van der Waals surface area contributed by atoms with Gasteiger partial charge in [-0.1, -0.05) is 17.7 Å². The molecule has 16 heavy (non-hydrogen) atoms. The summed E-state index contributed by atoms with van der Waals surface area (Å²) in [7, 11) is 0. The van der Waals surface area contributed by atoms with E-state index in [1.807, 2.05) is 0 Å². The van der Waals surface area contributed by atoms with Crippen molar-refractivity contribution in [2.24, 2.45) is 5.41 Å². The molecule has 0 aromatic heterocycles. The fourth-order valence-electron chi connectivity index (χ4n) is 3.48. The van der Waals surface area contributed by atoms with Crippen LogP contribution in [-0.2, 0) is 6.42 Å². The first-order chi connectivity index (χ1) is 7.71. The number of hydrogen-bond donors (Lipinski definition) is 2. The zero-order valence-electron chi connectivity index (χ0n) is 10.1. The van der Waals surface area contributed by atoms with Gasteiger partial charge in [-0.3, -0.25) is 0 Å². The van der Waals surface area contributed by atoms with E-state index in [0.717, 1.165) is 0 Å². The fraction of sp³-hybridized carbons (Fsp3) is 0.571. The molecular formula is C14H21N2+. The van der Waals surface area contributed by atoms with Gasteiger partial charge in [0.15, 0.2) is 0 Å². The van der Waals surface area contributed by atoms with Crippen molar-refractivity contribution >= 4 is 0 Å². The van der Waals surface area contributed by atoms with Gasteiger partial charge in [0.25, 0.3) is 0 Å². The lowest BCUT2D eigenvalue weighted by Gasteiger charge is -2.35. The number of benzene rings is 1. The quantitative estimate of drug-likeness (QED) is 0.673. The Morgan fingerprint density at radius 3 is 2.81 bits per heavy atom. The molecule has 2 heteroatoms. The fourth-order valence-corrected chi connectivity index (χ4v) is 3.48. The van der Waals surface area contributed by atoms with Crippen molar-refractivity contribution in [3.05, 3.63) is 34.9 Å². The van der Waals surface area contributed by atoms with E-state index in [1.54, 1.807) is 5.56 Å². The zero-order valence-corrected chi connectivity index (χ0v) is 10.1. The topological polar surface area (TPSA) is 39.7 Å². The van der Waals surface area contributed by atoms with Crippen LogP contribution in [0.4, 0.5) is 0 Å². The molecule has 1 saturated heterocycles. The molecule has 1 aromatic rings. The minimum atomic E-state index is 0.460. The maximum atomic E-state index is 4.47. The Labute approximate surface area is 97.2 Å². The third-order valence-corrected chi connectivity index (χ3v) is 4.56. The van der Waals surface area contributed by atoms with E-state index in [1.165, 1.54) is 43.5 Å². The third kappa shape index (κ3) is 1.40. The lowest BCUT2D eigenvalue weighted by molar-refractivity contribution is -0.453. The molecule has 0 amide bonds. The molecule has 2 aliphatic rings. The van der Waals surface area contributed by atoms with E-state index in [0.29, 0.717) is 11.5 Å². The zero-order chi connectivity index (χ0) is 11.2. The molecule has 1 aliphatic heterocycles. The van der Waals surface area contributed by atoms with Crippen LogP contribution in [0.5, 0.6) is 0 Å². The summed E-state index contributed by atoms with van der Waals surface area (Å²) >= 11 is 0. The van der Waals surface area contributed by atoms with E-state index < -0.39 is 0 Å². The second-order valence-electron chi connectivity index (χ2n) is 5.54. The maximum Gasteiger partial charge on any atom is 0.116 e. The molecule has 1 fully saturated rings. The first-order valence-corrected chi connectivity index (χ1v) is 6.34. The van der Waals surface area contributed by atoms with E-state index in [9.17, 15) is 0 Å². The van der Waals surface area contributed by atoms with Gasteiger partial charge in [-0.05, 0) is 50.9 Å².